The van der Waals surface area contributed by atoms with Gasteiger partial charge in [0.1, 0.15) is 5.92 Å². The van der Waals surface area contributed by atoms with Gasteiger partial charge in [-0.2, -0.15) is 0 Å². The molecule has 2 atom stereocenters. The summed E-state index contributed by atoms with van der Waals surface area (Å²) >= 11 is 0. The van der Waals surface area contributed by atoms with Crippen molar-refractivity contribution in [3.05, 3.63) is 35.4 Å². The van der Waals surface area contributed by atoms with Gasteiger partial charge in [-0.25, -0.2) is 0 Å². The van der Waals surface area contributed by atoms with E-state index in [0.717, 1.165) is 18.5 Å². The van der Waals surface area contributed by atoms with Crippen LogP contribution < -0.4 is 0 Å². The highest BCUT2D eigenvalue weighted by atomic mass is 16.5. The number of benzene rings is 1. The molecule has 0 radical (unpaired) electrons. The van der Waals surface area contributed by atoms with Crippen LogP contribution in [0.1, 0.15) is 17.5 Å². The second-order valence-corrected chi connectivity index (χ2v) is 4.93. The van der Waals surface area contributed by atoms with E-state index in [1.54, 1.807) is 0 Å². The molecule has 2 aliphatic heterocycles. The van der Waals surface area contributed by atoms with Crippen LogP contribution in [0, 0.1) is 5.92 Å². The number of carbonyl (C=O) groups excluding carboxylic acids is 1. The Morgan fingerprint density at radius 2 is 2.28 bits per heavy atom. The minimum atomic E-state index is -0.621. The molecule has 0 aliphatic carbocycles. The molecule has 0 N–H and O–H groups in total. The molecular formula is C14H17NO3. The molecule has 2 aliphatic rings. The highest BCUT2D eigenvalue weighted by molar-refractivity contribution is 5.75. The molecule has 0 aromatic heterocycles. The molecule has 1 unspecified atom stereocenters. The van der Waals surface area contributed by atoms with Gasteiger partial charge in [0.15, 0.2) is 5.72 Å². The lowest BCUT2D eigenvalue weighted by Crippen LogP contribution is -2.45. The fourth-order valence-corrected chi connectivity index (χ4v) is 3.24. The average molecular weight is 247 g/mol. The second kappa shape index (κ2) is 4.07. The monoisotopic (exact) mass is 247 g/mol. The van der Waals surface area contributed by atoms with Gasteiger partial charge >= 0.3 is 5.97 Å². The van der Waals surface area contributed by atoms with Gasteiger partial charge in [0.25, 0.3) is 0 Å². The lowest BCUT2D eigenvalue weighted by molar-refractivity contribution is -0.179. The Labute approximate surface area is 106 Å². The van der Waals surface area contributed by atoms with Crippen molar-refractivity contribution in [3.63, 3.8) is 0 Å². The van der Waals surface area contributed by atoms with E-state index in [9.17, 15) is 4.79 Å². The summed E-state index contributed by atoms with van der Waals surface area (Å²) in [6.07, 6.45) is 0.775. The summed E-state index contributed by atoms with van der Waals surface area (Å²) in [6, 6.07) is 8.11. The van der Waals surface area contributed by atoms with E-state index in [-0.39, 0.29) is 11.9 Å². The van der Waals surface area contributed by atoms with Gasteiger partial charge in [-0.15, -0.1) is 0 Å². The van der Waals surface area contributed by atoms with Gasteiger partial charge in [0, 0.05) is 12.1 Å². The molecular weight excluding hydrogens is 230 g/mol. The number of hydrogen-bond acceptors (Lipinski definition) is 4. The Morgan fingerprint density at radius 3 is 3.06 bits per heavy atom. The summed E-state index contributed by atoms with van der Waals surface area (Å²) in [6.45, 7) is 1.40. The van der Waals surface area contributed by atoms with Crippen molar-refractivity contribution in [1.29, 1.82) is 0 Å². The van der Waals surface area contributed by atoms with Crippen LogP contribution in [-0.4, -0.2) is 31.6 Å². The lowest BCUT2D eigenvalue weighted by atomic mass is 9.88. The topological polar surface area (TPSA) is 38.8 Å². The first-order valence-corrected chi connectivity index (χ1v) is 6.21. The van der Waals surface area contributed by atoms with Crippen molar-refractivity contribution in [2.45, 2.75) is 18.8 Å². The Bertz CT molecular complexity index is 488. The fraction of sp³-hybridized carbons (Fsp3) is 0.500. The van der Waals surface area contributed by atoms with Gasteiger partial charge in [-0.1, -0.05) is 24.3 Å². The largest absolute Gasteiger partial charge is 0.469 e. The zero-order valence-electron chi connectivity index (χ0n) is 10.7. The average Bonchev–Trinajstić information content (AvgIpc) is 2.94. The Morgan fingerprint density at radius 1 is 1.50 bits per heavy atom. The van der Waals surface area contributed by atoms with E-state index in [4.69, 9.17) is 9.47 Å². The molecule has 1 aromatic carbocycles. The first-order valence-electron chi connectivity index (χ1n) is 6.21. The maximum Gasteiger partial charge on any atom is 0.313 e. The summed E-state index contributed by atoms with van der Waals surface area (Å²) in [5, 5.41) is 0. The smallest absolute Gasteiger partial charge is 0.313 e. The maximum absolute atomic E-state index is 12.0. The highest BCUT2D eigenvalue weighted by Crippen LogP contribution is 2.49. The molecule has 18 heavy (non-hydrogen) atoms. The summed E-state index contributed by atoms with van der Waals surface area (Å²) in [4.78, 5) is 14.1. The number of fused-ring (bicyclic) bond motifs is 2. The SMILES string of the molecule is COC(=O)C1CCN(C)[C@@]12OCc1ccccc12. The van der Waals surface area contributed by atoms with E-state index in [0.29, 0.717) is 6.61 Å². The summed E-state index contributed by atoms with van der Waals surface area (Å²) in [7, 11) is 3.44. The maximum atomic E-state index is 12.0. The highest BCUT2D eigenvalue weighted by Gasteiger charge is 2.56. The number of carbonyl (C=O) groups is 1. The third-order valence-corrected chi connectivity index (χ3v) is 4.13. The van der Waals surface area contributed by atoms with Crippen LogP contribution in [0.2, 0.25) is 0 Å². The van der Waals surface area contributed by atoms with Crippen LogP contribution >= 0.6 is 0 Å². The third kappa shape index (κ3) is 1.36. The normalized spacial score (nSPS) is 30.7. The molecule has 1 spiro atoms. The molecule has 1 saturated heterocycles. The number of esters is 1. The molecule has 0 saturated carbocycles. The van der Waals surface area contributed by atoms with E-state index < -0.39 is 5.72 Å². The summed E-state index contributed by atoms with van der Waals surface area (Å²) < 4.78 is 11.0. The zero-order chi connectivity index (χ0) is 12.8. The van der Waals surface area contributed by atoms with Gasteiger partial charge in [0.2, 0.25) is 0 Å². The molecule has 1 fully saturated rings. The minimum absolute atomic E-state index is 0.184. The molecule has 4 nitrogen and oxygen atoms in total. The van der Waals surface area contributed by atoms with Crippen molar-refractivity contribution in [2.24, 2.45) is 5.92 Å². The van der Waals surface area contributed by atoms with Crippen molar-refractivity contribution < 1.29 is 14.3 Å². The van der Waals surface area contributed by atoms with Crippen molar-refractivity contribution >= 4 is 5.97 Å². The number of methoxy groups -OCH3 is 1. The third-order valence-electron chi connectivity index (χ3n) is 4.13. The van der Waals surface area contributed by atoms with Crippen LogP contribution in [0.4, 0.5) is 0 Å². The molecule has 3 rings (SSSR count). The van der Waals surface area contributed by atoms with Crippen molar-refractivity contribution in [3.8, 4) is 0 Å². The number of hydrogen-bond donors (Lipinski definition) is 0. The Balaban J connectivity index is 2.10. The molecule has 1 aromatic rings. The van der Waals surface area contributed by atoms with Gasteiger partial charge in [-0.05, 0) is 19.0 Å². The van der Waals surface area contributed by atoms with Crippen LogP contribution in [0.3, 0.4) is 0 Å². The van der Waals surface area contributed by atoms with Gasteiger partial charge < -0.3 is 9.47 Å². The first-order chi connectivity index (χ1) is 8.70. The predicted octanol–water partition coefficient (Wildman–Crippen LogP) is 1.49. The standard InChI is InChI=1S/C14H17NO3/c1-15-8-7-12(13(16)17-2)14(15)11-6-4-3-5-10(11)9-18-14/h3-6,12H,7-9H2,1-2H3/t12?,14-/m0/s1. The quantitative estimate of drug-likeness (QED) is 0.705. The summed E-state index contributed by atoms with van der Waals surface area (Å²) in [5.41, 5.74) is 1.66. The van der Waals surface area contributed by atoms with Gasteiger partial charge in [-0.3, -0.25) is 9.69 Å². The van der Waals surface area contributed by atoms with Crippen LogP contribution in [0.15, 0.2) is 24.3 Å². The van der Waals surface area contributed by atoms with Crippen molar-refractivity contribution in [1.82, 2.24) is 4.90 Å². The van der Waals surface area contributed by atoms with Crippen LogP contribution in [0.25, 0.3) is 0 Å². The molecule has 4 heteroatoms. The zero-order valence-corrected chi connectivity index (χ0v) is 10.7. The fourth-order valence-electron chi connectivity index (χ4n) is 3.24. The van der Waals surface area contributed by atoms with Crippen LogP contribution in [-0.2, 0) is 26.6 Å². The van der Waals surface area contributed by atoms with E-state index in [1.807, 2.05) is 19.2 Å². The minimum Gasteiger partial charge on any atom is -0.469 e. The Kier molecular flexibility index (Phi) is 2.64. The molecule has 2 heterocycles. The van der Waals surface area contributed by atoms with E-state index in [2.05, 4.69) is 17.0 Å². The molecule has 0 amide bonds. The predicted molar refractivity (Wildman–Crippen MR) is 65.7 cm³/mol. The van der Waals surface area contributed by atoms with E-state index >= 15 is 0 Å². The van der Waals surface area contributed by atoms with Gasteiger partial charge in [0.05, 0.1) is 13.7 Å². The molecule has 96 valence electrons. The lowest BCUT2D eigenvalue weighted by Gasteiger charge is -2.35. The first kappa shape index (κ1) is 11.7. The summed E-state index contributed by atoms with van der Waals surface area (Å²) in [5.74, 6) is -0.424. The number of ether oxygens (including phenoxy) is 2. The Hall–Kier alpha value is -1.39. The van der Waals surface area contributed by atoms with E-state index in [1.165, 1.54) is 12.7 Å². The number of rotatable bonds is 1. The number of likely N-dealkylation sites (tertiary alicyclic amines) is 1. The second-order valence-electron chi connectivity index (χ2n) is 4.93. The van der Waals surface area contributed by atoms with Crippen LogP contribution in [0.5, 0.6) is 0 Å². The number of nitrogens with zero attached hydrogens (tertiary/aromatic N) is 1. The molecule has 0 bridgehead atoms. The van der Waals surface area contributed by atoms with Crippen molar-refractivity contribution in [2.75, 3.05) is 20.7 Å².